The lowest BCUT2D eigenvalue weighted by molar-refractivity contribution is 0.0884. The molecule has 0 aromatic heterocycles. The molecular formula is C13H18F2. The summed E-state index contributed by atoms with van der Waals surface area (Å²) in [6.45, 7) is 14.8. The number of hydrogen-bond acceptors (Lipinski definition) is 0. The van der Waals surface area contributed by atoms with Crippen LogP contribution in [0.25, 0.3) is 0 Å². The van der Waals surface area contributed by atoms with Crippen molar-refractivity contribution >= 4 is 0 Å². The average molecular weight is 212 g/mol. The molecule has 2 unspecified atom stereocenters. The van der Waals surface area contributed by atoms with Gasteiger partial charge in [0.2, 0.25) is 0 Å². The van der Waals surface area contributed by atoms with E-state index in [2.05, 4.69) is 26.3 Å². The second-order valence-electron chi connectivity index (χ2n) is 3.27. The zero-order valence-corrected chi connectivity index (χ0v) is 9.18. The molecule has 0 bridgehead atoms. The summed E-state index contributed by atoms with van der Waals surface area (Å²) >= 11 is 0. The topological polar surface area (TPSA) is 0 Å². The highest BCUT2D eigenvalue weighted by Crippen LogP contribution is 2.60. The van der Waals surface area contributed by atoms with Crippen molar-refractivity contribution in [2.45, 2.75) is 19.3 Å². The third-order valence-electron chi connectivity index (χ3n) is 2.55. The highest BCUT2D eigenvalue weighted by Gasteiger charge is 2.67. The molecule has 0 aliphatic heterocycles. The lowest BCUT2D eigenvalue weighted by Crippen LogP contribution is -1.95. The van der Waals surface area contributed by atoms with Gasteiger partial charge in [-0.05, 0) is 12.0 Å². The van der Waals surface area contributed by atoms with Gasteiger partial charge < -0.3 is 0 Å². The van der Waals surface area contributed by atoms with E-state index < -0.39 is 17.8 Å². The molecule has 15 heavy (non-hydrogen) atoms. The van der Waals surface area contributed by atoms with Crippen LogP contribution in [0, 0.1) is 11.8 Å². The predicted octanol–water partition coefficient (Wildman–Crippen LogP) is 4.38. The maximum Gasteiger partial charge on any atom is 0.258 e. The van der Waals surface area contributed by atoms with E-state index in [0.29, 0.717) is 12.0 Å². The fourth-order valence-corrected chi connectivity index (χ4v) is 1.79. The Kier molecular flexibility index (Phi) is 5.20. The van der Waals surface area contributed by atoms with Crippen molar-refractivity contribution < 1.29 is 8.78 Å². The number of halogens is 2. The van der Waals surface area contributed by atoms with Crippen LogP contribution in [-0.4, -0.2) is 5.92 Å². The summed E-state index contributed by atoms with van der Waals surface area (Å²) in [5.41, 5.74) is 0.604. The molecule has 0 saturated heterocycles. The van der Waals surface area contributed by atoms with E-state index in [1.807, 2.05) is 0 Å². The van der Waals surface area contributed by atoms with Gasteiger partial charge in [0.25, 0.3) is 5.92 Å². The third kappa shape index (κ3) is 2.65. The van der Waals surface area contributed by atoms with E-state index in [0.717, 1.165) is 0 Å². The molecule has 1 aliphatic carbocycles. The van der Waals surface area contributed by atoms with Gasteiger partial charge in [-0.3, -0.25) is 0 Å². The van der Waals surface area contributed by atoms with Gasteiger partial charge in [-0.15, -0.1) is 13.2 Å². The predicted molar refractivity (Wildman–Crippen MR) is 61.9 cm³/mol. The molecule has 1 saturated carbocycles. The second-order valence-corrected chi connectivity index (χ2v) is 3.27. The summed E-state index contributed by atoms with van der Waals surface area (Å²) in [7, 11) is 0. The standard InChI is InChI=1S/C11H14F2.C2H4/c1-4-7-8(5-2)10-9(6-3)11(10,12)13;1-2/h4-5,7,9-10H,1-2,6H2,3H3;1-2H2/b8-7+;. The molecular weight excluding hydrogens is 194 g/mol. The van der Waals surface area contributed by atoms with Crippen molar-refractivity contribution in [2.75, 3.05) is 0 Å². The summed E-state index contributed by atoms with van der Waals surface area (Å²) in [6, 6.07) is 0. The number of allylic oxidation sites excluding steroid dienone is 4. The molecule has 0 aromatic carbocycles. The molecule has 1 rings (SSSR count). The summed E-state index contributed by atoms with van der Waals surface area (Å²) in [5.74, 6) is -3.66. The van der Waals surface area contributed by atoms with E-state index in [4.69, 9.17) is 0 Å². The van der Waals surface area contributed by atoms with Gasteiger partial charge >= 0.3 is 0 Å². The van der Waals surface area contributed by atoms with Gasteiger partial charge in [0.1, 0.15) is 0 Å². The van der Waals surface area contributed by atoms with Crippen LogP contribution in [0.2, 0.25) is 0 Å². The number of rotatable bonds is 4. The number of alkyl halides is 2. The summed E-state index contributed by atoms with van der Waals surface area (Å²) in [6.07, 6.45) is 5.15. The Morgan fingerprint density at radius 3 is 2.13 bits per heavy atom. The Hall–Kier alpha value is -1.18. The SMILES string of the molecule is C=C.C=C/C=C(\C=C)C1C(CC)C1(F)F. The van der Waals surface area contributed by atoms with Gasteiger partial charge in [-0.1, -0.05) is 38.3 Å². The van der Waals surface area contributed by atoms with Crippen molar-refractivity contribution in [3.05, 3.63) is 50.1 Å². The van der Waals surface area contributed by atoms with Crippen LogP contribution < -0.4 is 0 Å². The molecule has 1 aliphatic rings. The van der Waals surface area contributed by atoms with E-state index in [-0.39, 0.29) is 0 Å². The molecule has 0 spiro atoms. The Balaban J connectivity index is 0.000000921. The molecule has 0 nitrogen and oxygen atoms in total. The zero-order valence-electron chi connectivity index (χ0n) is 9.18. The van der Waals surface area contributed by atoms with E-state index >= 15 is 0 Å². The highest BCUT2D eigenvalue weighted by atomic mass is 19.3. The molecule has 0 amide bonds. The summed E-state index contributed by atoms with van der Waals surface area (Å²) in [5, 5.41) is 0. The second kappa shape index (κ2) is 5.64. The first-order valence-corrected chi connectivity index (χ1v) is 4.92. The van der Waals surface area contributed by atoms with Crippen LogP contribution in [0.5, 0.6) is 0 Å². The van der Waals surface area contributed by atoms with Crippen LogP contribution in [0.4, 0.5) is 8.78 Å². The zero-order chi connectivity index (χ0) is 12.1. The van der Waals surface area contributed by atoms with Gasteiger partial charge in [-0.2, -0.15) is 0 Å². The lowest BCUT2D eigenvalue weighted by atomic mass is 10.1. The van der Waals surface area contributed by atoms with Crippen LogP contribution in [0.3, 0.4) is 0 Å². The van der Waals surface area contributed by atoms with E-state index in [1.165, 1.54) is 12.2 Å². The molecule has 0 N–H and O–H groups in total. The maximum absolute atomic E-state index is 13.1. The van der Waals surface area contributed by atoms with Crippen LogP contribution >= 0.6 is 0 Å². The third-order valence-corrected chi connectivity index (χ3v) is 2.55. The highest BCUT2D eigenvalue weighted by molar-refractivity contribution is 5.33. The first-order chi connectivity index (χ1) is 7.09. The first-order valence-electron chi connectivity index (χ1n) is 4.92. The number of hydrogen-bond donors (Lipinski definition) is 0. The minimum absolute atomic E-state index is 0.503. The lowest BCUT2D eigenvalue weighted by Gasteiger charge is -1.96. The van der Waals surface area contributed by atoms with E-state index in [9.17, 15) is 8.78 Å². The fraction of sp³-hybridized carbons (Fsp3) is 0.385. The van der Waals surface area contributed by atoms with Crippen LogP contribution in [0.15, 0.2) is 50.1 Å². The maximum atomic E-state index is 13.1. The molecule has 0 aromatic rings. The van der Waals surface area contributed by atoms with Crippen LogP contribution in [0.1, 0.15) is 13.3 Å². The minimum atomic E-state index is -2.53. The van der Waals surface area contributed by atoms with Gasteiger partial charge in [0, 0.05) is 5.92 Å². The van der Waals surface area contributed by atoms with Gasteiger partial charge in [0.15, 0.2) is 0 Å². The molecule has 0 heterocycles. The minimum Gasteiger partial charge on any atom is -0.206 e. The summed E-state index contributed by atoms with van der Waals surface area (Å²) < 4.78 is 26.2. The molecule has 2 atom stereocenters. The molecule has 84 valence electrons. The quantitative estimate of drug-likeness (QED) is 0.479. The van der Waals surface area contributed by atoms with Gasteiger partial charge in [0.05, 0.1) is 5.92 Å². The van der Waals surface area contributed by atoms with E-state index in [1.54, 1.807) is 13.0 Å². The Morgan fingerprint density at radius 2 is 1.87 bits per heavy atom. The normalized spacial score (nSPS) is 27.3. The van der Waals surface area contributed by atoms with Crippen molar-refractivity contribution in [2.24, 2.45) is 11.8 Å². The molecule has 2 heteroatoms. The van der Waals surface area contributed by atoms with Crippen molar-refractivity contribution in [3.8, 4) is 0 Å². The molecule has 1 fully saturated rings. The first kappa shape index (κ1) is 13.8. The Morgan fingerprint density at radius 1 is 1.33 bits per heavy atom. The Bertz CT molecular complexity index is 264. The molecule has 0 radical (unpaired) electrons. The monoisotopic (exact) mass is 212 g/mol. The summed E-state index contributed by atoms with van der Waals surface area (Å²) in [4.78, 5) is 0. The largest absolute Gasteiger partial charge is 0.258 e. The van der Waals surface area contributed by atoms with Crippen molar-refractivity contribution in [3.63, 3.8) is 0 Å². The van der Waals surface area contributed by atoms with Gasteiger partial charge in [-0.25, -0.2) is 8.78 Å². The van der Waals surface area contributed by atoms with Crippen LogP contribution in [-0.2, 0) is 0 Å². The fourth-order valence-electron chi connectivity index (χ4n) is 1.79. The van der Waals surface area contributed by atoms with Crippen molar-refractivity contribution in [1.29, 1.82) is 0 Å². The Labute approximate surface area is 90.7 Å². The smallest absolute Gasteiger partial charge is 0.206 e. The van der Waals surface area contributed by atoms with Crippen molar-refractivity contribution in [1.82, 2.24) is 0 Å². The average Bonchev–Trinajstić information content (AvgIpc) is 2.80.